The molecule has 1 fully saturated rings. The van der Waals surface area contributed by atoms with Crippen LogP contribution in [0.15, 0.2) is 70.5 Å². The van der Waals surface area contributed by atoms with E-state index in [4.69, 9.17) is 9.47 Å². The monoisotopic (exact) mass is 774 g/mol. The van der Waals surface area contributed by atoms with Crippen molar-refractivity contribution in [3.05, 3.63) is 82.4 Å². The first-order chi connectivity index (χ1) is 26.3. The highest BCUT2D eigenvalue weighted by atomic mass is 32.2. The van der Waals surface area contributed by atoms with Gasteiger partial charge in [0.05, 0.1) is 29.8 Å². The van der Waals surface area contributed by atoms with Crippen molar-refractivity contribution in [1.82, 2.24) is 44.7 Å². The number of tetrazole rings is 2. The van der Waals surface area contributed by atoms with Gasteiger partial charge in [0, 0.05) is 24.0 Å². The second-order valence-corrected chi connectivity index (χ2v) is 16.9. The van der Waals surface area contributed by atoms with E-state index >= 15 is 0 Å². The summed E-state index contributed by atoms with van der Waals surface area (Å²) in [5.74, 6) is 1.24. The highest BCUT2D eigenvalue weighted by molar-refractivity contribution is 7.92. The van der Waals surface area contributed by atoms with Gasteiger partial charge in [0.15, 0.2) is 5.65 Å². The summed E-state index contributed by atoms with van der Waals surface area (Å²) in [6.45, 7) is 5.86. The van der Waals surface area contributed by atoms with E-state index in [0.29, 0.717) is 53.3 Å². The molecule has 3 aromatic heterocycles. The molecule has 2 N–H and O–H groups in total. The molecule has 4 heterocycles. The van der Waals surface area contributed by atoms with Crippen LogP contribution in [-0.4, -0.2) is 89.1 Å². The number of nitrogens with one attached hydrogen (secondary N) is 1. The van der Waals surface area contributed by atoms with Gasteiger partial charge in [-0.3, -0.25) is 4.72 Å². The molecular formula is C37H46N10O7S. The Morgan fingerprint density at radius 3 is 2.60 bits per heavy atom. The zero-order chi connectivity index (χ0) is 38.7. The number of pyridine rings is 1. The fourth-order valence-electron chi connectivity index (χ4n) is 7.07. The Balaban J connectivity index is 0.976. The predicted octanol–water partition coefficient (Wildman–Crippen LogP) is 4.30. The number of aliphatic hydroxyl groups is 1. The summed E-state index contributed by atoms with van der Waals surface area (Å²) in [5, 5.41) is 30.6. The molecule has 0 radical (unpaired) electrons. The molecule has 0 bridgehead atoms. The number of anilines is 1. The standard InChI is InChI=1S/C37H46N10O7S/c1-37(2,3)54-36(50)44(24-32(48)27-11-19-34-38-40-41-46(34)22-27)23-30-16-10-26-21-31(17-18-33(26)53-30)55(51,52)39-28-12-14-29(15-13-28)47-35(49)45(42-43-47)20-6-9-25-7-4-5-8-25/h11-15,17-19,21-22,25,30,32,39,48H,4-10,16,20,23-24H2,1-3H3/t30?,32-/m1/s1. The number of aryl methyl sites for hydroxylation is 2. The van der Waals surface area contributed by atoms with Gasteiger partial charge in [-0.2, -0.15) is 9.36 Å². The SMILES string of the molecule is CC(C)(C)OC(=O)N(CC1CCc2cc(S(=O)(=O)Nc3ccc(-n4nnn(CCCC5CCCC5)c4=O)cc3)ccc2O1)C[C@@H](O)c1ccc2nnnn2c1. The number of aromatic nitrogens is 8. The van der Waals surface area contributed by atoms with Crippen molar-refractivity contribution in [3.63, 3.8) is 0 Å². The van der Waals surface area contributed by atoms with Gasteiger partial charge in [0.1, 0.15) is 17.5 Å². The van der Waals surface area contributed by atoms with Gasteiger partial charge in [0.2, 0.25) is 0 Å². The molecule has 17 nitrogen and oxygen atoms in total. The van der Waals surface area contributed by atoms with Crippen LogP contribution in [0, 0.1) is 5.92 Å². The summed E-state index contributed by atoms with van der Waals surface area (Å²) in [7, 11) is -3.97. The van der Waals surface area contributed by atoms with Crippen molar-refractivity contribution in [2.45, 2.75) is 101 Å². The maximum atomic E-state index is 13.4. The van der Waals surface area contributed by atoms with Crippen LogP contribution in [0.3, 0.4) is 0 Å². The molecule has 1 aliphatic carbocycles. The Kier molecular flexibility index (Phi) is 10.9. The van der Waals surface area contributed by atoms with Crippen molar-refractivity contribution < 1.29 is 27.8 Å². The first kappa shape index (κ1) is 37.9. The molecule has 2 aromatic carbocycles. The molecule has 292 valence electrons. The number of nitrogens with zero attached hydrogens (tertiary/aromatic N) is 9. The van der Waals surface area contributed by atoms with Crippen molar-refractivity contribution in [2.75, 3.05) is 17.8 Å². The number of amides is 1. The minimum absolute atomic E-state index is 0.0622. The number of sulfonamides is 1. The highest BCUT2D eigenvalue weighted by Crippen LogP contribution is 2.32. The fourth-order valence-corrected chi connectivity index (χ4v) is 8.18. The summed E-state index contributed by atoms with van der Waals surface area (Å²) < 4.78 is 45.4. The van der Waals surface area contributed by atoms with Crippen molar-refractivity contribution in [1.29, 1.82) is 0 Å². The lowest BCUT2D eigenvalue weighted by atomic mass is 10.0. The van der Waals surface area contributed by atoms with Crippen LogP contribution < -0.4 is 15.1 Å². The van der Waals surface area contributed by atoms with Crippen LogP contribution >= 0.6 is 0 Å². The van der Waals surface area contributed by atoms with Gasteiger partial charge in [-0.25, -0.2) is 22.5 Å². The molecule has 5 aromatic rings. The second-order valence-electron chi connectivity index (χ2n) is 15.2. The summed E-state index contributed by atoms with van der Waals surface area (Å²) in [5.41, 5.74) is 1.43. The molecule has 1 saturated carbocycles. The normalized spacial score (nSPS) is 16.8. The first-order valence-corrected chi connectivity index (χ1v) is 20.1. The maximum Gasteiger partial charge on any atom is 0.410 e. The summed E-state index contributed by atoms with van der Waals surface area (Å²) in [6.07, 6.45) is 7.52. The number of fused-ring (bicyclic) bond motifs is 2. The summed E-state index contributed by atoms with van der Waals surface area (Å²) in [4.78, 5) is 27.7. The molecule has 1 aliphatic heterocycles. The molecule has 1 amide bonds. The zero-order valence-electron chi connectivity index (χ0n) is 31.1. The Morgan fingerprint density at radius 2 is 1.84 bits per heavy atom. The van der Waals surface area contributed by atoms with E-state index in [2.05, 4.69) is 30.7 Å². The largest absolute Gasteiger partial charge is 0.488 e. The third-order valence-corrected chi connectivity index (χ3v) is 11.3. The Labute approximate surface area is 318 Å². The van der Waals surface area contributed by atoms with Crippen LogP contribution in [0.1, 0.15) is 82.9 Å². The number of benzene rings is 2. The molecule has 2 aliphatic rings. The van der Waals surface area contributed by atoms with E-state index in [0.717, 1.165) is 18.8 Å². The van der Waals surface area contributed by atoms with E-state index in [1.165, 1.54) is 50.5 Å². The molecule has 1 unspecified atom stereocenters. The Hall–Kier alpha value is -5.36. The topological polar surface area (TPSA) is 201 Å². The molecular weight excluding hydrogens is 729 g/mol. The average molecular weight is 775 g/mol. The van der Waals surface area contributed by atoms with Crippen LogP contribution in [0.2, 0.25) is 0 Å². The van der Waals surface area contributed by atoms with E-state index in [-0.39, 0.29) is 23.7 Å². The van der Waals surface area contributed by atoms with Gasteiger partial charge >= 0.3 is 11.8 Å². The molecule has 0 spiro atoms. The van der Waals surface area contributed by atoms with E-state index in [1.54, 1.807) is 75.5 Å². The minimum Gasteiger partial charge on any atom is -0.488 e. The number of ether oxygens (including phenoxy) is 2. The number of rotatable bonds is 13. The number of hydrogen-bond donors (Lipinski definition) is 2. The van der Waals surface area contributed by atoms with E-state index < -0.39 is 33.9 Å². The highest BCUT2D eigenvalue weighted by Gasteiger charge is 2.30. The zero-order valence-corrected chi connectivity index (χ0v) is 31.9. The smallest absolute Gasteiger partial charge is 0.410 e. The van der Waals surface area contributed by atoms with Gasteiger partial charge in [-0.05, 0) is 127 Å². The van der Waals surface area contributed by atoms with Gasteiger partial charge in [0.25, 0.3) is 10.0 Å². The molecule has 2 atom stereocenters. The Morgan fingerprint density at radius 1 is 1.05 bits per heavy atom. The van der Waals surface area contributed by atoms with Crippen LogP contribution in [0.25, 0.3) is 11.3 Å². The lowest BCUT2D eigenvalue weighted by Gasteiger charge is -2.33. The minimum atomic E-state index is -3.97. The number of hydrogen-bond acceptors (Lipinski definition) is 12. The quantitative estimate of drug-likeness (QED) is 0.172. The summed E-state index contributed by atoms with van der Waals surface area (Å²) >= 11 is 0. The predicted molar refractivity (Wildman–Crippen MR) is 200 cm³/mol. The number of carbonyl (C=O) groups is 1. The van der Waals surface area contributed by atoms with E-state index in [1.807, 2.05) is 0 Å². The number of carbonyl (C=O) groups excluding carboxylic acids is 1. The van der Waals surface area contributed by atoms with Crippen LogP contribution in [0.4, 0.5) is 10.5 Å². The molecule has 55 heavy (non-hydrogen) atoms. The Bertz CT molecular complexity index is 2290. The number of aliphatic hydroxyl groups excluding tert-OH is 1. The van der Waals surface area contributed by atoms with Gasteiger partial charge in [-0.15, -0.1) is 5.10 Å². The van der Waals surface area contributed by atoms with Gasteiger partial charge in [-0.1, -0.05) is 31.7 Å². The molecule has 0 saturated heterocycles. The average Bonchev–Trinajstić information content (AvgIpc) is 3.92. The molecule has 7 rings (SSSR count). The second kappa shape index (κ2) is 15.8. The van der Waals surface area contributed by atoms with E-state index in [9.17, 15) is 23.1 Å². The first-order valence-electron chi connectivity index (χ1n) is 18.6. The van der Waals surface area contributed by atoms with Crippen LogP contribution in [-0.2, 0) is 27.7 Å². The van der Waals surface area contributed by atoms with Crippen LogP contribution in [0.5, 0.6) is 5.75 Å². The third-order valence-electron chi connectivity index (χ3n) is 9.90. The van der Waals surface area contributed by atoms with Crippen molar-refractivity contribution in [3.8, 4) is 11.4 Å². The lowest BCUT2D eigenvalue weighted by molar-refractivity contribution is 0.00362. The fraction of sp³-hybridized carbons (Fsp3) is 0.486. The molecule has 18 heteroatoms. The third kappa shape index (κ3) is 9.13. The summed E-state index contributed by atoms with van der Waals surface area (Å²) in [6, 6.07) is 14.4. The van der Waals surface area contributed by atoms with Gasteiger partial charge < -0.3 is 19.5 Å². The lowest BCUT2D eigenvalue weighted by Crippen LogP contribution is -2.45. The van der Waals surface area contributed by atoms with Crippen molar-refractivity contribution >= 4 is 27.5 Å². The maximum absolute atomic E-state index is 13.4. The van der Waals surface area contributed by atoms with Crippen molar-refractivity contribution in [2.24, 2.45) is 5.92 Å².